The lowest BCUT2D eigenvalue weighted by atomic mass is 10.1. The van der Waals surface area contributed by atoms with Gasteiger partial charge in [0, 0.05) is 12.6 Å². The molecule has 1 unspecified atom stereocenters. The fraction of sp³-hybridized carbons (Fsp3) is 0.538. The highest BCUT2D eigenvalue weighted by Gasteiger charge is 2.06. The first-order valence-electron chi connectivity index (χ1n) is 5.81. The van der Waals surface area contributed by atoms with Crippen LogP contribution in [0.1, 0.15) is 38.7 Å². The van der Waals surface area contributed by atoms with Gasteiger partial charge in [0.05, 0.1) is 5.02 Å². The Bertz CT molecular complexity index is 328. The van der Waals surface area contributed by atoms with Crippen molar-refractivity contribution in [1.82, 2.24) is 5.32 Å². The van der Waals surface area contributed by atoms with Gasteiger partial charge in [0.2, 0.25) is 0 Å². The van der Waals surface area contributed by atoms with Crippen molar-refractivity contribution < 1.29 is 4.39 Å². The Labute approximate surface area is 102 Å². The molecule has 1 aromatic rings. The molecule has 0 bridgehead atoms. The van der Waals surface area contributed by atoms with Gasteiger partial charge in [-0.2, -0.15) is 0 Å². The Hall–Kier alpha value is -0.600. The van der Waals surface area contributed by atoms with E-state index >= 15 is 0 Å². The predicted molar refractivity (Wildman–Crippen MR) is 67.2 cm³/mol. The summed E-state index contributed by atoms with van der Waals surface area (Å²) in [7, 11) is 0. The molecule has 1 aromatic carbocycles. The summed E-state index contributed by atoms with van der Waals surface area (Å²) in [4.78, 5) is 0. The Morgan fingerprint density at radius 1 is 1.44 bits per heavy atom. The SMILES string of the molecule is CCCCC(C)NCc1cccc(F)c1Cl. The lowest BCUT2D eigenvalue weighted by Gasteiger charge is -2.14. The quantitative estimate of drug-likeness (QED) is 0.792. The Balaban J connectivity index is 2.45. The molecule has 0 saturated heterocycles. The minimum atomic E-state index is -0.345. The highest BCUT2D eigenvalue weighted by Crippen LogP contribution is 2.19. The molecule has 1 nitrogen and oxygen atoms in total. The number of hydrogen-bond acceptors (Lipinski definition) is 1. The highest BCUT2D eigenvalue weighted by molar-refractivity contribution is 6.31. The van der Waals surface area contributed by atoms with E-state index in [1.807, 2.05) is 6.07 Å². The summed E-state index contributed by atoms with van der Waals surface area (Å²) in [5.74, 6) is -0.345. The van der Waals surface area contributed by atoms with E-state index in [9.17, 15) is 4.39 Å². The van der Waals surface area contributed by atoms with Crippen molar-refractivity contribution in [3.63, 3.8) is 0 Å². The first-order valence-corrected chi connectivity index (χ1v) is 6.19. The Morgan fingerprint density at radius 3 is 2.88 bits per heavy atom. The molecule has 0 saturated carbocycles. The minimum absolute atomic E-state index is 0.234. The van der Waals surface area contributed by atoms with Crippen LogP contribution >= 0.6 is 11.6 Å². The average Bonchev–Trinajstić information content (AvgIpc) is 2.28. The summed E-state index contributed by atoms with van der Waals surface area (Å²) in [6, 6.07) is 5.37. The van der Waals surface area contributed by atoms with Gasteiger partial charge in [0.25, 0.3) is 0 Å². The highest BCUT2D eigenvalue weighted by atomic mass is 35.5. The molecule has 0 spiro atoms. The van der Waals surface area contributed by atoms with Crippen molar-refractivity contribution in [2.45, 2.75) is 45.7 Å². The molecule has 0 fully saturated rings. The molecular formula is C13H19ClFN. The second kappa shape index (κ2) is 6.87. The zero-order valence-corrected chi connectivity index (χ0v) is 10.6. The molecule has 0 aromatic heterocycles. The van der Waals surface area contributed by atoms with Gasteiger partial charge in [-0.25, -0.2) is 4.39 Å². The Kier molecular flexibility index (Phi) is 5.78. The molecule has 1 atom stereocenters. The minimum Gasteiger partial charge on any atom is -0.310 e. The van der Waals surface area contributed by atoms with Crippen LogP contribution in [0, 0.1) is 5.82 Å². The number of nitrogens with one attached hydrogen (secondary N) is 1. The van der Waals surface area contributed by atoms with Gasteiger partial charge in [0.1, 0.15) is 5.82 Å². The van der Waals surface area contributed by atoms with E-state index in [0.29, 0.717) is 12.6 Å². The average molecular weight is 244 g/mol. The first-order chi connectivity index (χ1) is 7.65. The Morgan fingerprint density at radius 2 is 2.19 bits per heavy atom. The van der Waals surface area contributed by atoms with Crippen molar-refractivity contribution in [2.24, 2.45) is 0 Å². The maximum Gasteiger partial charge on any atom is 0.142 e. The molecule has 1 rings (SSSR count). The monoisotopic (exact) mass is 243 g/mol. The van der Waals surface area contributed by atoms with Crippen molar-refractivity contribution >= 4 is 11.6 Å². The molecule has 0 heterocycles. The van der Waals surface area contributed by atoms with E-state index in [1.165, 1.54) is 18.9 Å². The molecule has 0 radical (unpaired) electrons. The topological polar surface area (TPSA) is 12.0 Å². The second-order valence-electron chi connectivity index (χ2n) is 4.14. The third-order valence-electron chi connectivity index (χ3n) is 2.66. The molecule has 3 heteroatoms. The molecule has 16 heavy (non-hydrogen) atoms. The summed E-state index contributed by atoms with van der Waals surface area (Å²) in [5.41, 5.74) is 0.824. The van der Waals surface area contributed by atoms with Crippen LogP contribution in [-0.4, -0.2) is 6.04 Å². The van der Waals surface area contributed by atoms with Crippen LogP contribution in [0.2, 0.25) is 5.02 Å². The number of benzene rings is 1. The van der Waals surface area contributed by atoms with Crippen LogP contribution in [0.5, 0.6) is 0 Å². The van der Waals surface area contributed by atoms with Gasteiger partial charge in [-0.05, 0) is 25.0 Å². The van der Waals surface area contributed by atoms with Crippen LogP contribution in [-0.2, 0) is 6.54 Å². The van der Waals surface area contributed by atoms with E-state index in [1.54, 1.807) is 6.07 Å². The zero-order valence-electron chi connectivity index (χ0n) is 9.89. The summed E-state index contributed by atoms with van der Waals surface area (Å²) < 4.78 is 13.1. The molecule has 0 aliphatic rings. The van der Waals surface area contributed by atoms with Gasteiger partial charge in [-0.15, -0.1) is 0 Å². The predicted octanol–water partition coefficient (Wildman–Crippen LogP) is 4.15. The third kappa shape index (κ3) is 4.11. The maximum atomic E-state index is 13.1. The molecule has 0 aliphatic carbocycles. The lowest BCUT2D eigenvalue weighted by Crippen LogP contribution is -2.25. The van der Waals surface area contributed by atoms with Gasteiger partial charge in [-0.1, -0.05) is 43.5 Å². The number of rotatable bonds is 6. The summed E-state index contributed by atoms with van der Waals surface area (Å²) in [6.07, 6.45) is 3.56. The van der Waals surface area contributed by atoms with Crippen LogP contribution in [0.25, 0.3) is 0 Å². The summed E-state index contributed by atoms with van der Waals surface area (Å²) in [6.45, 7) is 4.94. The fourth-order valence-corrected chi connectivity index (χ4v) is 1.77. The third-order valence-corrected chi connectivity index (χ3v) is 3.09. The standard InChI is InChI=1S/C13H19ClFN/c1-3-4-6-10(2)16-9-11-7-5-8-12(15)13(11)14/h5,7-8,10,16H,3-4,6,9H2,1-2H3. The van der Waals surface area contributed by atoms with Crippen molar-refractivity contribution in [3.05, 3.63) is 34.6 Å². The van der Waals surface area contributed by atoms with Gasteiger partial charge in [-0.3, -0.25) is 0 Å². The van der Waals surface area contributed by atoms with Crippen LogP contribution in [0.4, 0.5) is 4.39 Å². The smallest absolute Gasteiger partial charge is 0.142 e. The second-order valence-corrected chi connectivity index (χ2v) is 4.52. The van der Waals surface area contributed by atoms with Crippen LogP contribution < -0.4 is 5.32 Å². The van der Waals surface area contributed by atoms with E-state index in [0.717, 1.165) is 12.0 Å². The van der Waals surface area contributed by atoms with E-state index in [4.69, 9.17) is 11.6 Å². The van der Waals surface area contributed by atoms with Crippen molar-refractivity contribution in [2.75, 3.05) is 0 Å². The maximum absolute atomic E-state index is 13.1. The van der Waals surface area contributed by atoms with Crippen molar-refractivity contribution in [1.29, 1.82) is 0 Å². The molecular weight excluding hydrogens is 225 g/mol. The molecule has 0 aliphatic heterocycles. The normalized spacial score (nSPS) is 12.8. The lowest BCUT2D eigenvalue weighted by molar-refractivity contribution is 0.494. The van der Waals surface area contributed by atoms with E-state index in [-0.39, 0.29) is 10.8 Å². The summed E-state index contributed by atoms with van der Waals surface area (Å²) >= 11 is 5.87. The van der Waals surface area contributed by atoms with Crippen molar-refractivity contribution in [3.8, 4) is 0 Å². The number of halogens is 2. The summed E-state index contributed by atoms with van der Waals surface area (Å²) in [5, 5.41) is 3.58. The van der Waals surface area contributed by atoms with Gasteiger partial charge in [0.15, 0.2) is 0 Å². The molecule has 90 valence electrons. The van der Waals surface area contributed by atoms with Gasteiger partial charge >= 0.3 is 0 Å². The number of hydrogen-bond donors (Lipinski definition) is 1. The van der Waals surface area contributed by atoms with Gasteiger partial charge < -0.3 is 5.32 Å². The first kappa shape index (κ1) is 13.5. The van der Waals surface area contributed by atoms with Crippen LogP contribution in [0.3, 0.4) is 0 Å². The largest absolute Gasteiger partial charge is 0.310 e. The number of unbranched alkanes of at least 4 members (excludes halogenated alkanes) is 1. The van der Waals surface area contributed by atoms with E-state index in [2.05, 4.69) is 19.2 Å². The molecule has 1 N–H and O–H groups in total. The van der Waals surface area contributed by atoms with E-state index < -0.39 is 0 Å². The fourth-order valence-electron chi connectivity index (χ4n) is 1.58. The van der Waals surface area contributed by atoms with Crippen LogP contribution in [0.15, 0.2) is 18.2 Å². The zero-order chi connectivity index (χ0) is 12.0. The molecule has 0 amide bonds.